The molecule has 3 amide bonds. The minimum atomic E-state index is -0.812. The van der Waals surface area contributed by atoms with E-state index in [-0.39, 0.29) is 24.7 Å². The van der Waals surface area contributed by atoms with Crippen LogP contribution in [-0.2, 0) is 19.1 Å². The summed E-state index contributed by atoms with van der Waals surface area (Å²) in [4.78, 5) is 37.9. The number of hydrogen-bond acceptors (Lipinski definition) is 5. The molecule has 1 N–H and O–H groups in total. The third-order valence-corrected chi connectivity index (χ3v) is 5.81. The topological polar surface area (TPSA) is 84.9 Å². The first-order valence-electron chi connectivity index (χ1n) is 8.78. The quantitative estimate of drug-likeness (QED) is 0.587. The predicted molar refractivity (Wildman–Crippen MR) is 85.2 cm³/mol. The summed E-state index contributed by atoms with van der Waals surface area (Å²) in [5.41, 5.74) is -1.17. The molecular formula is C17H26N2O5. The number of amides is 3. The molecule has 0 aromatic heterocycles. The Labute approximate surface area is 142 Å². The van der Waals surface area contributed by atoms with Crippen LogP contribution < -0.4 is 5.32 Å². The summed E-state index contributed by atoms with van der Waals surface area (Å²) in [6, 6.07) is -0.486. The molecule has 2 aliphatic carbocycles. The highest BCUT2D eigenvalue weighted by Gasteiger charge is 2.53. The van der Waals surface area contributed by atoms with Crippen molar-refractivity contribution in [1.29, 1.82) is 0 Å². The lowest BCUT2D eigenvalue weighted by Crippen LogP contribution is -2.49. The highest BCUT2D eigenvalue weighted by atomic mass is 16.6. The molecule has 0 aromatic rings. The average Bonchev–Trinajstić information content (AvgIpc) is 3.34. The van der Waals surface area contributed by atoms with Gasteiger partial charge in [0.1, 0.15) is 24.3 Å². The Morgan fingerprint density at radius 1 is 1.25 bits per heavy atom. The second-order valence-corrected chi connectivity index (χ2v) is 7.30. The molecule has 0 bridgehead atoms. The van der Waals surface area contributed by atoms with Gasteiger partial charge in [-0.3, -0.25) is 14.5 Å². The fourth-order valence-corrected chi connectivity index (χ4v) is 3.67. The van der Waals surface area contributed by atoms with Crippen LogP contribution in [0.3, 0.4) is 0 Å². The highest BCUT2D eigenvalue weighted by molar-refractivity contribution is 6.08. The maximum absolute atomic E-state index is 12.7. The van der Waals surface area contributed by atoms with Gasteiger partial charge in [0.2, 0.25) is 0 Å². The first kappa shape index (κ1) is 17.2. The van der Waals surface area contributed by atoms with E-state index in [2.05, 4.69) is 12.2 Å². The lowest BCUT2D eigenvalue weighted by molar-refractivity contribution is -0.151. The van der Waals surface area contributed by atoms with E-state index in [0.717, 1.165) is 37.0 Å². The minimum absolute atomic E-state index is 0.176. The van der Waals surface area contributed by atoms with Gasteiger partial charge in [-0.1, -0.05) is 13.3 Å². The lowest BCUT2D eigenvalue weighted by Gasteiger charge is -2.34. The van der Waals surface area contributed by atoms with Crippen LogP contribution in [0, 0.1) is 5.92 Å². The number of carbonyl (C=O) groups excluding carboxylic acids is 3. The first-order valence-corrected chi connectivity index (χ1v) is 8.78. The number of esters is 1. The number of urea groups is 1. The summed E-state index contributed by atoms with van der Waals surface area (Å²) < 4.78 is 10.5. The molecule has 7 nitrogen and oxygen atoms in total. The number of carbonyl (C=O) groups is 3. The number of imide groups is 1. The molecule has 7 heteroatoms. The summed E-state index contributed by atoms with van der Waals surface area (Å²) in [6.45, 7) is 1.99. The second kappa shape index (κ2) is 6.35. The molecule has 134 valence electrons. The van der Waals surface area contributed by atoms with Gasteiger partial charge < -0.3 is 14.8 Å². The van der Waals surface area contributed by atoms with Crippen LogP contribution in [-0.4, -0.2) is 54.2 Å². The van der Waals surface area contributed by atoms with Gasteiger partial charge in [-0.05, 0) is 44.4 Å². The number of hydrogen-bond donors (Lipinski definition) is 1. The van der Waals surface area contributed by atoms with Crippen LogP contribution in [0.1, 0.15) is 51.9 Å². The van der Waals surface area contributed by atoms with E-state index in [4.69, 9.17) is 9.47 Å². The molecule has 0 radical (unpaired) electrons. The smallest absolute Gasteiger partial charge is 0.326 e. The van der Waals surface area contributed by atoms with Gasteiger partial charge >= 0.3 is 12.0 Å². The number of nitrogens with zero attached hydrogens (tertiary/aromatic N) is 1. The summed E-state index contributed by atoms with van der Waals surface area (Å²) in [6.07, 6.45) is 5.97. The van der Waals surface area contributed by atoms with Gasteiger partial charge in [0.25, 0.3) is 5.91 Å². The van der Waals surface area contributed by atoms with E-state index >= 15 is 0 Å². The number of nitrogens with one attached hydrogen (secondary N) is 1. The summed E-state index contributed by atoms with van der Waals surface area (Å²) in [7, 11) is 1.59. The predicted octanol–water partition coefficient (Wildman–Crippen LogP) is 1.60. The highest BCUT2D eigenvalue weighted by Crippen LogP contribution is 2.39. The molecule has 3 aliphatic rings. The Morgan fingerprint density at radius 2 is 1.92 bits per heavy atom. The fourth-order valence-electron chi connectivity index (χ4n) is 3.67. The monoisotopic (exact) mass is 338 g/mol. The molecule has 24 heavy (non-hydrogen) atoms. The van der Waals surface area contributed by atoms with Crippen LogP contribution in [0.5, 0.6) is 0 Å². The summed E-state index contributed by atoms with van der Waals surface area (Å²) in [5, 5.41) is 2.82. The molecule has 1 heterocycles. The van der Waals surface area contributed by atoms with Crippen molar-refractivity contribution in [2.45, 2.75) is 63.0 Å². The zero-order valence-corrected chi connectivity index (χ0v) is 14.4. The van der Waals surface area contributed by atoms with Crippen molar-refractivity contribution >= 4 is 17.9 Å². The Balaban J connectivity index is 1.55. The molecule has 1 saturated heterocycles. The largest absolute Gasteiger partial charge is 0.461 e. The lowest BCUT2D eigenvalue weighted by atomic mass is 9.75. The molecule has 1 spiro atoms. The van der Waals surface area contributed by atoms with Crippen LogP contribution >= 0.6 is 0 Å². The van der Waals surface area contributed by atoms with Gasteiger partial charge in [-0.15, -0.1) is 0 Å². The summed E-state index contributed by atoms with van der Waals surface area (Å²) in [5.74, 6) is -0.240. The third kappa shape index (κ3) is 3.14. The molecule has 1 aliphatic heterocycles. The average molecular weight is 338 g/mol. The van der Waals surface area contributed by atoms with Gasteiger partial charge in [0, 0.05) is 7.11 Å². The molecular weight excluding hydrogens is 312 g/mol. The first-order chi connectivity index (χ1) is 11.4. The molecule has 0 atom stereocenters. The van der Waals surface area contributed by atoms with E-state index in [1.54, 1.807) is 7.11 Å². The van der Waals surface area contributed by atoms with Crippen LogP contribution in [0.25, 0.3) is 0 Å². The molecule has 0 unspecified atom stereocenters. The van der Waals surface area contributed by atoms with E-state index in [1.807, 2.05) is 0 Å². The second-order valence-electron chi connectivity index (χ2n) is 7.30. The molecule has 2 saturated carbocycles. The van der Waals surface area contributed by atoms with Crippen LogP contribution in [0.4, 0.5) is 4.79 Å². The van der Waals surface area contributed by atoms with Crippen molar-refractivity contribution in [3.63, 3.8) is 0 Å². The fraction of sp³-hybridized carbons (Fsp3) is 0.824. The van der Waals surface area contributed by atoms with Gasteiger partial charge in [-0.25, -0.2) is 4.79 Å². The van der Waals surface area contributed by atoms with Crippen LogP contribution in [0.15, 0.2) is 0 Å². The maximum atomic E-state index is 12.7. The Kier molecular flexibility index (Phi) is 4.55. The molecule has 3 rings (SSSR count). The Bertz CT molecular complexity index is 535. The maximum Gasteiger partial charge on any atom is 0.326 e. The van der Waals surface area contributed by atoms with Gasteiger partial charge in [0.05, 0.1) is 0 Å². The van der Waals surface area contributed by atoms with Gasteiger partial charge in [0.15, 0.2) is 0 Å². The summed E-state index contributed by atoms with van der Waals surface area (Å²) >= 11 is 0. The standard InChI is InChI=1S/C17H26N2O5/c1-3-12-4-6-17(7-5-12)14(21)19(15(22)18-17)10-13(20)24-11-16(23-2)8-9-16/h12H,3-11H2,1-2H3,(H,18,22). The normalized spacial score (nSPS) is 31.2. The van der Waals surface area contributed by atoms with E-state index in [1.165, 1.54) is 0 Å². The number of ether oxygens (including phenoxy) is 2. The van der Waals surface area contributed by atoms with Crippen LogP contribution in [0.2, 0.25) is 0 Å². The Hall–Kier alpha value is -1.63. The van der Waals surface area contributed by atoms with E-state index in [0.29, 0.717) is 18.8 Å². The van der Waals surface area contributed by atoms with Crippen molar-refractivity contribution in [3.8, 4) is 0 Å². The minimum Gasteiger partial charge on any atom is -0.461 e. The van der Waals surface area contributed by atoms with Crippen molar-refractivity contribution in [3.05, 3.63) is 0 Å². The zero-order valence-electron chi connectivity index (χ0n) is 14.4. The van der Waals surface area contributed by atoms with E-state index < -0.39 is 17.5 Å². The Morgan fingerprint density at radius 3 is 2.46 bits per heavy atom. The van der Waals surface area contributed by atoms with Gasteiger partial charge in [-0.2, -0.15) is 0 Å². The van der Waals surface area contributed by atoms with Crippen molar-refractivity contribution in [2.24, 2.45) is 5.92 Å². The van der Waals surface area contributed by atoms with Crippen molar-refractivity contribution in [2.75, 3.05) is 20.3 Å². The van der Waals surface area contributed by atoms with E-state index in [9.17, 15) is 14.4 Å². The SMILES string of the molecule is CCC1CCC2(CC1)NC(=O)N(CC(=O)OCC1(OC)CC1)C2=O. The zero-order chi connectivity index (χ0) is 17.4. The molecule has 0 aromatic carbocycles. The third-order valence-electron chi connectivity index (χ3n) is 5.81. The number of rotatable bonds is 6. The number of methoxy groups -OCH3 is 1. The van der Waals surface area contributed by atoms with Crippen molar-refractivity contribution < 1.29 is 23.9 Å². The molecule has 3 fully saturated rings. The van der Waals surface area contributed by atoms with Crippen molar-refractivity contribution in [1.82, 2.24) is 10.2 Å².